The quantitative estimate of drug-likeness (QED) is 0.819. The normalized spacial score (nSPS) is 21.8. The molecule has 2 aliphatic heterocycles. The standard InChI is InChI=1S/C18H23N3O3S/c1-12-9-13(2)16-15(10-12)25-18(19-16)21-5-8-24-14(11-21)17(22)20-3-6-23-7-4-20/h9-10,14H,3-8,11H2,1-2H3. The molecule has 6 nitrogen and oxygen atoms in total. The number of carbonyl (C=O) groups excluding carboxylic acids is 1. The third-order valence-corrected chi connectivity index (χ3v) is 5.82. The second-order valence-corrected chi connectivity index (χ2v) is 7.68. The molecule has 2 aliphatic rings. The first-order valence-electron chi connectivity index (χ1n) is 8.73. The summed E-state index contributed by atoms with van der Waals surface area (Å²) in [6, 6.07) is 4.34. The van der Waals surface area contributed by atoms with E-state index in [0.717, 1.165) is 17.2 Å². The first-order valence-corrected chi connectivity index (χ1v) is 9.54. The maximum atomic E-state index is 12.7. The van der Waals surface area contributed by atoms with Gasteiger partial charge in [-0.3, -0.25) is 4.79 Å². The van der Waals surface area contributed by atoms with E-state index in [-0.39, 0.29) is 5.91 Å². The Balaban J connectivity index is 1.53. The van der Waals surface area contributed by atoms with Crippen molar-refractivity contribution in [3.8, 4) is 0 Å². The number of anilines is 1. The van der Waals surface area contributed by atoms with Gasteiger partial charge in [0.25, 0.3) is 5.91 Å². The van der Waals surface area contributed by atoms with Gasteiger partial charge in [-0.15, -0.1) is 0 Å². The Morgan fingerprint density at radius 3 is 2.80 bits per heavy atom. The fourth-order valence-corrected chi connectivity index (χ4v) is 4.63. The summed E-state index contributed by atoms with van der Waals surface area (Å²) in [6.45, 7) is 8.61. The van der Waals surface area contributed by atoms with E-state index in [0.29, 0.717) is 39.5 Å². The fourth-order valence-electron chi connectivity index (χ4n) is 3.45. The van der Waals surface area contributed by atoms with Crippen LogP contribution in [0.15, 0.2) is 12.1 Å². The van der Waals surface area contributed by atoms with E-state index in [1.165, 1.54) is 15.8 Å². The SMILES string of the molecule is Cc1cc(C)c2nc(N3CCOC(C(=O)N4CCOCC4)C3)sc2c1. The molecule has 134 valence electrons. The molecule has 1 atom stereocenters. The van der Waals surface area contributed by atoms with Gasteiger partial charge in [0.2, 0.25) is 0 Å². The number of nitrogens with zero attached hydrogens (tertiary/aromatic N) is 3. The Kier molecular flexibility index (Phi) is 4.62. The van der Waals surface area contributed by atoms with Crippen LogP contribution < -0.4 is 4.90 Å². The Morgan fingerprint density at radius 2 is 2.00 bits per heavy atom. The van der Waals surface area contributed by atoms with E-state index in [9.17, 15) is 4.79 Å². The van der Waals surface area contributed by atoms with Crippen LogP contribution in [-0.2, 0) is 14.3 Å². The Hall–Kier alpha value is -1.70. The van der Waals surface area contributed by atoms with Crippen LogP contribution in [0.1, 0.15) is 11.1 Å². The van der Waals surface area contributed by atoms with Crippen LogP contribution in [0.25, 0.3) is 10.2 Å². The summed E-state index contributed by atoms with van der Waals surface area (Å²) in [7, 11) is 0. The number of thiazole rings is 1. The molecule has 1 aromatic carbocycles. The van der Waals surface area contributed by atoms with Crippen molar-refractivity contribution >= 4 is 32.6 Å². The van der Waals surface area contributed by atoms with E-state index in [1.807, 2.05) is 4.90 Å². The van der Waals surface area contributed by atoms with Gasteiger partial charge in [-0.25, -0.2) is 4.98 Å². The maximum absolute atomic E-state index is 12.7. The molecule has 1 amide bonds. The van der Waals surface area contributed by atoms with E-state index in [1.54, 1.807) is 11.3 Å². The molecule has 1 unspecified atom stereocenters. The smallest absolute Gasteiger partial charge is 0.253 e. The number of rotatable bonds is 2. The highest BCUT2D eigenvalue weighted by molar-refractivity contribution is 7.22. The monoisotopic (exact) mass is 361 g/mol. The zero-order valence-corrected chi connectivity index (χ0v) is 15.5. The first kappa shape index (κ1) is 16.8. The van der Waals surface area contributed by atoms with Crippen LogP contribution in [0.5, 0.6) is 0 Å². The zero-order chi connectivity index (χ0) is 17.4. The summed E-state index contributed by atoms with van der Waals surface area (Å²) in [5.74, 6) is 0.0705. The van der Waals surface area contributed by atoms with E-state index in [4.69, 9.17) is 14.5 Å². The molecule has 0 radical (unpaired) electrons. The van der Waals surface area contributed by atoms with Crippen LogP contribution in [0, 0.1) is 13.8 Å². The number of aromatic nitrogens is 1. The highest BCUT2D eigenvalue weighted by Gasteiger charge is 2.32. The van der Waals surface area contributed by atoms with Crippen LogP contribution in [0.4, 0.5) is 5.13 Å². The highest BCUT2D eigenvalue weighted by Crippen LogP contribution is 2.32. The van der Waals surface area contributed by atoms with Crippen molar-refractivity contribution in [2.75, 3.05) is 50.9 Å². The molecule has 2 aromatic rings. The first-order chi connectivity index (χ1) is 12.1. The highest BCUT2D eigenvalue weighted by atomic mass is 32.1. The van der Waals surface area contributed by atoms with Gasteiger partial charge in [0.1, 0.15) is 0 Å². The second-order valence-electron chi connectivity index (χ2n) is 6.67. The largest absolute Gasteiger partial charge is 0.378 e. The molecule has 0 bridgehead atoms. The van der Waals surface area contributed by atoms with Crippen molar-refractivity contribution in [3.63, 3.8) is 0 Å². The predicted molar refractivity (Wildman–Crippen MR) is 98.4 cm³/mol. The molecule has 0 spiro atoms. The molecule has 7 heteroatoms. The zero-order valence-electron chi connectivity index (χ0n) is 14.7. The summed E-state index contributed by atoms with van der Waals surface area (Å²) in [5, 5.41) is 0.978. The summed E-state index contributed by atoms with van der Waals surface area (Å²) in [5.41, 5.74) is 3.52. The van der Waals surface area contributed by atoms with Gasteiger partial charge in [-0.2, -0.15) is 0 Å². The number of hydrogen-bond donors (Lipinski definition) is 0. The number of morpholine rings is 2. The maximum Gasteiger partial charge on any atom is 0.253 e. The number of hydrogen-bond acceptors (Lipinski definition) is 6. The van der Waals surface area contributed by atoms with Gasteiger partial charge < -0.3 is 19.3 Å². The number of ether oxygens (including phenoxy) is 2. The summed E-state index contributed by atoms with van der Waals surface area (Å²) in [4.78, 5) is 21.6. The number of fused-ring (bicyclic) bond motifs is 1. The van der Waals surface area contributed by atoms with Gasteiger partial charge in [0, 0.05) is 19.6 Å². The van der Waals surface area contributed by atoms with Gasteiger partial charge in [-0.05, 0) is 31.0 Å². The van der Waals surface area contributed by atoms with Gasteiger partial charge >= 0.3 is 0 Å². The summed E-state index contributed by atoms with van der Waals surface area (Å²) >= 11 is 1.70. The Labute approximate surface area is 151 Å². The van der Waals surface area contributed by atoms with E-state index in [2.05, 4.69) is 30.9 Å². The van der Waals surface area contributed by atoms with Crippen LogP contribution >= 0.6 is 11.3 Å². The molecule has 2 saturated heterocycles. The predicted octanol–water partition coefficient (Wildman–Crippen LogP) is 1.98. The minimum absolute atomic E-state index is 0.0705. The molecule has 25 heavy (non-hydrogen) atoms. The van der Waals surface area contributed by atoms with Crippen LogP contribution in [0.2, 0.25) is 0 Å². The van der Waals surface area contributed by atoms with E-state index < -0.39 is 6.10 Å². The summed E-state index contributed by atoms with van der Waals surface area (Å²) in [6.07, 6.45) is -0.415. The van der Waals surface area contributed by atoms with Gasteiger partial charge in [0.15, 0.2) is 11.2 Å². The average molecular weight is 361 g/mol. The van der Waals surface area contributed by atoms with Crippen molar-refractivity contribution in [3.05, 3.63) is 23.3 Å². The second kappa shape index (κ2) is 6.90. The number of aryl methyl sites for hydroxylation is 2. The molecular weight excluding hydrogens is 338 g/mol. The minimum atomic E-state index is -0.415. The third-order valence-electron chi connectivity index (χ3n) is 4.75. The lowest BCUT2D eigenvalue weighted by Gasteiger charge is -2.36. The molecule has 4 rings (SSSR count). The number of carbonyl (C=O) groups is 1. The number of amides is 1. The van der Waals surface area contributed by atoms with Crippen LogP contribution in [-0.4, -0.2) is 67.9 Å². The Morgan fingerprint density at radius 1 is 1.20 bits per heavy atom. The van der Waals surface area contributed by atoms with Crippen molar-refractivity contribution in [1.29, 1.82) is 0 Å². The Bertz CT molecular complexity index is 785. The van der Waals surface area contributed by atoms with Crippen molar-refractivity contribution < 1.29 is 14.3 Å². The third kappa shape index (κ3) is 3.36. The van der Waals surface area contributed by atoms with Gasteiger partial charge in [-0.1, -0.05) is 17.4 Å². The minimum Gasteiger partial charge on any atom is -0.378 e. The average Bonchev–Trinajstić information content (AvgIpc) is 3.06. The van der Waals surface area contributed by atoms with Crippen molar-refractivity contribution in [2.24, 2.45) is 0 Å². The lowest BCUT2D eigenvalue weighted by Crippen LogP contribution is -2.53. The lowest BCUT2D eigenvalue weighted by molar-refractivity contribution is -0.148. The molecule has 1 aromatic heterocycles. The fraction of sp³-hybridized carbons (Fsp3) is 0.556. The summed E-state index contributed by atoms with van der Waals surface area (Å²) < 4.78 is 12.3. The molecule has 3 heterocycles. The van der Waals surface area contributed by atoms with Gasteiger partial charge in [0.05, 0.1) is 36.6 Å². The van der Waals surface area contributed by atoms with Crippen molar-refractivity contribution in [1.82, 2.24) is 9.88 Å². The molecule has 0 N–H and O–H groups in total. The molecule has 0 aliphatic carbocycles. The molecule has 2 fully saturated rings. The molecular formula is C18H23N3O3S. The molecule has 0 saturated carbocycles. The number of benzene rings is 1. The van der Waals surface area contributed by atoms with E-state index >= 15 is 0 Å². The topological polar surface area (TPSA) is 54.9 Å². The van der Waals surface area contributed by atoms with Crippen LogP contribution in [0.3, 0.4) is 0 Å². The van der Waals surface area contributed by atoms with Crippen molar-refractivity contribution in [2.45, 2.75) is 20.0 Å². The lowest BCUT2D eigenvalue weighted by atomic mass is 10.1.